The molecule has 0 heterocycles. The van der Waals surface area contributed by atoms with Crippen molar-refractivity contribution in [2.75, 3.05) is 6.61 Å². The number of unbranched alkanes of at least 4 members (excludes halogenated alkanes) is 28. The largest absolute Gasteiger partial charge is 0.462 e. The number of hydrogen-bond acceptors (Lipinski definition) is 5. The summed E-state index contributed by atoms with van der Waals surface area (Å²) in [6, 6.07) is -0.702. The van der Waals surface area contributed by atoms with Crippen LogP contribution < -0.4 is 5.32 Å². The Labute approximate surface area is 341 Å². The molecule has 0 rings (SSSR count). The zero-order valence-electron chi connectivity index (χ0n) is 36.8. The summed E-state index contributed by atoms with van der Waals surface area (Å²) in [5.74, 6) is -0.488. The molecule has 0 bridgehead atoms. The van der Waals surface area contributed by atoms with E-state index in [1.54, 1.807) is 0 Å². The zero-order chi connectivity index (χ0) is 40.3. The minimum atomic E-state index is -0.787. The van der Waals surface area contributed by atoms with Gasteiger partial charge in [0.2, 0.25) is 5.91 Å². The van der Waals surface area contributed by atoms with Crippen LogP contribution in [0.1, 0.15) is 252 Å². The van der Waals surface area contributed by atoms with Crippen molar-refractivity contribution < 1.29 is 24.5 Å². The van der Waals surface area contributed by atoms with Crippen molar-refractivity contribution in [2.24, 2.45) is 0 Å². The number of hydrogen-bond donors (Lipinski definition) is 3. The second kappa shape index (κ2) is 43.5. The van der Waals surface area contributed by atoms with Crippen LogP contribution in [0.4, 0.5) is 0 Å². The van der Waals surface area contributed by atoms with Crippen LogP contribution in [0.15, 0.2) is 24.3 Å². The van der Waals surface area contributed by atoms with Gasteiger partial charge in [-0.3, -0.25) is 9.59 Å². The zero-order valence-corrected chi connectivity index (χ0v) is 36.8. The molecule has 6 nitrogen and oxygen atoms in total. The number of rotatable bonds is 43. The Bertz CT molecular complexity index is 873. The highest BCUT2D eigenvalue weighted by Crippen LogP contribution is 2.18. The van der Waals surface area contributed by atoms with E-state index in [2.05, 4.69) is 50.4 Å². The van der Waals surface area contributed by atoms with Gasteiger partial charge in [0.25, 0.3) is 0 Å². The molecule has 0 saturated carbocycles. The molecule has 3 unspecified atom stereocenters. The van der Waals surface area contributed by atoms with E-state index in [1.807, 2.05) is 0 Å². The van der Waals surface area contributed by atoms with E-state index in [1.165, 1.54) is 135 Å². The molecule has 6 heteroatoms. The summed E-state index contributed by atoms with van der Waals surface area (Å²) in [7, 11) is 0. The van der Waals surface area contributed by atoms with Gasteiger partial charge in [-0.25, -0.2) is 0 Å². The van der Waals surface area contributed by atoms with Crippen LogP contribution in [0.3, 0.4) is 0 Å². The number of allylic oxidation sites excluding steroid dienone is 4. The first-order valence-electron chi connectivity index (χ1n) is 24.1. The van der Waals surface area contributed by atoms with Crippen LogP contribution in [0.5, 0.6) is 0 Å². The van der Waals surface area contributed by atoms with E-state index in [4.69, 9.17) is 4.74 Å². The molecule has 55 heavy (non-hydrogen) atoms. The van der Waals surface area contributed by atoms with Crippen molar-refractivity contribution in [3.05, 3.63) is 24.3 Å². The van der Waals surface area contributed by atoms with Crippen LogP contribution in [0.2, 0.25) is 0 Å². The van der Waals surface area contributed by atoms with Crippen LogP contribution in [-0.2, 0) is 14.3 Å². The van der Waals surface area contributed by atoms with Gasteiger partial charge >= 0.3 is 5.97 Å². The summed E-state index contributed by atoms with van der Waals surface area (Å²) in [6.45, 7) is 6.43. The third-order valence-corrected chi connectivity index (χ3v) is 11.1. The lowest BCUT2D eigenvalue weighted by atomic mass is 10.0. The average molecular weight is 776 g/mol. The SMILES string of the molecule is CCCCC/C=C/C=C/CCCCCCC(CC(=O)NC(CO)C(O)CCCCCCCCCCCCCCCC)OC(=O)CCCCCCCCCCC. The molecule has 3 N–H and O–H groups in total. The first-order chi connectivity index (χ1) is 27.0. The number of aliphatic hydroxyl groups is 2. The molecule has 0 aliphatic carbocycles. The Balaban J connectivity index is 4.55. The van der Waals surface area contributed by atoms with E-state index in [0.29, 0.717) is 19.3 Å². The molecule has 1 amide bonds. The molecule has 0 aliphatic rings. The molecular weight excluding hydrogens is 683 g/mol. The van der Waals surface area contributed by atoms with Gasteiger partial charge in [-0.15, -0.1) is 0 Å². The van der Waals surface area contributed by atoms with Crippen molar-refractivity contribution in [3.63, 3.8) is 0 Å². The van der Waals surface area contributed by atoms with Crippen molar-refractivity contribution >= 4 is 11.9 Å². The Morgan fingerprint density at radius 3 is 1.38 bits per heavy atom. The maximum absolute atomic E-state index is 13.1. The molecule has 0 saturated heterocycles. The monoisotopic (exact) mass is 776 g/mol. The molecule has 0 aromatic heterocycles. The molecule has 0 radical (unpaired) electrons. The van der Waals surface area contributed by atoms with Gasteiger partial charge in [0.1, 0.15) is 6.10 Å². The summed E-state index contributed by atoms with van der Waals surface area (Å²) in [5, 5.41) is 23.7. The highest BCUT2D eigenvalue weighted by atomic mass is 16.5. The first kappa shape index (κ1) is 53.3. The minimum absolute atomic E-state index is 0.0684. The molecular formula is C49H93NO5. The maximum Gasteiger partial charge on any atom is 0.306 e. The first-order valence-corrected chi connectivity index (χ1v) is 24.1. The number of ether oxygens (including phenoxy) is 1. The lowest BCUT2D eigenvalue weighted by Gasteiger charge is -2.24. The average Bonchev–Trinajstić information content (AvgIpc) is 3.18. The summed E-state index contributed by atoms with van der Waals surface area (Å²) in [4.78, 5) is 26.0. The predicted octanol–water partition coefficient (Wildman–Crippen LogP) is 14.0. The van der Waals surface area contributed by atoms with Gasteiger partial charge in [0.15, 0.2) is 0 Å². The fourth-order valence-corrected chi connectivity index (χ4v) is 7.36. The van der Waals surface area contributed by atoms with Gasteiger partial charge in [-0.05, 0) is 51.4 Å². The fraction of sp³-hybridized carbons (Fsp3) is 0.878. The van der Waals surface area contributed by atoms with Crippen LogP contribution in [-0.4, -0.2) is 46.9 Å². The summed E-state index contributed by atoms with van der Waals surface area (Å²) < 4.78 is 5.89. The van der Waals surface area contributed by atoms with Gasteiger partial charge in [-0.1, -0.05) is 212 Å². The molecule has 0 fully saturated rings. The minimum Gasteiger partial charge on any atom is -0.462 e. The van der Waals surface area contributed by atoms with E-state index < -0.39 is 18.2 Å². The van der Waals surface area contributed by atoms with E-state index >= 15 is 0 Å². The van der Waals surface area contributed by atoms with Gasteiger partial charge in [-0.2, -0.15) is 0 Å². The van der Waals surface area contributed by atoms with Gasteiger partial charge in [0, 0.05) is 6.42 Å². The van der Waals surface area contributed by atoms with Crippen LogP contribution in [0, 0.1) is 0 Å². The second-order valence-electron chi connectivity index (χ2n) is 16.5. The highest BCUT2D eigenvalue weighted by molar-refractivity contribution is 5.77. The third-order valence-electron chi connectivity index (χ3n) is 11.1. The highest BCUT2D eigenvalue weighted by Gasteiger charge is 2.24. The lowest BCUT2D eigenvalue weighted by Crippen LogP contribution is -2.46. The number of carbonyl (C=O) groups excluding carboxylic acids is 2. The van der Waals surface area contributed by atoms with Crippen LogP contribution in [0.25, 0.3) is 0 Å². The maximum atomic E-state index is 13.1. The predicted molar refractivity (Wildman–Crippen MR) is 236 cm³/mol. The Hall–Kier alpha value is -1.66. The van der Waals surface area contributed by atoms with Gasteiger partial charge in [0.05, 0.1) is 25.2 Å². The number of amides is 1. The second-order valence-corrected chi connectivity index (χ2v) is 16.5. The van der Waals surface area contributed by atoms with E-state index in [0.717, 1.165) is 70.6 Å². The van der Waals surface area contributed by atoms with Gasteiger partial charge < -0.3 is 20.3 Å². The van der Waals surface area contributed by atoms with Crippen molar-refractivity contribution in [3.8, 4) is 0 Å². The number of esters is 1. The Morgan fingerprint density at radius 2 is 0.909 bits per heavy atom. The molecule has 0 aliphatic heterocycles. The van der Waals surface area contributed by atoms with Crippen LogP contribution >= 0.6 is 0 Å². The van der Waals surface area contributed by atoms with Crippen molar-refractivity contribution in [1.29, 1.82) is 0 Å². The molecule has 0 aromatic rings. The summed E-state index contributed by atoms with van der Waals surface area (Å²) in [6.07, 6.45) is 48.1. The quantitative estimate of drug-likeness (QED) is 0.0326. The topological polar surface area (TPSA) is 95.9 Å². The summed E-state index contributed by atoms with van der Waals surface area (Å²) >= 11 is 0. The van der Waals surface area contributed by atoms with Crippen molar-refractivity contribution in [1.82, 2.24) is 5.32 Å². The van der Waals surface area contributed by atoms with Crippen molar-refractivity contribution in [2.45, 2.75) is 270 Å². The number of nitrogens with one attached hydrogen (secondary N) is 1. The number of aliphatic hydroxyl groups excluding tert-OH is 2. The van der Waals surface area contributed by atoms with E-state index in [9.17, 15) is 19.8 Å². The fourth-order valence-electron chi connectivity index (χ4n) is 7.36. The standard InChI is InChI=1S/C49H93NO5/c1-4-7-10-13-16-19-21-23-25-27-30-32-35-38-41-47(52)46(44-51)50-48(53)43-45(55-49(54)42-39-36-33-28-18-15-12-9-6-3)40-37-34-31-29-26-24-22-20-17-14-11-8-5-2/h17,20,22,24,45-47,51-52H,4-16,18-19,21,23,25-44H2,1-3H3,(H,50,53)/b20-17+,24-22+. The third kappa shape index (κ3) is 39.0. The summed E-state index contributed by atoms with van der Waals surface area (Å²) in [5.41, 5.74) is 0. The smallest absolute Gasteiger partial charge is 0.306 e. The Morgan fingerprint density at radius 1 is 0.527 bits per heavy atom. The molecule has 324 valence electrons. The lowest BCUT2D eigenvalue weighted by molar-refractivity contribution is -0.151. The molecule has 0 aromatic carbocycles. The van der Waals surface area contributed by atoms with E-state index in [-0.39, 0.29) is 24.9 Å². The molecule has 0 spiro atoms. The Kier molecular flexibility index (Phi) is 42.2. The normalized spacial score (nSPS) is 13.5. The number of carbonyl (C=O) groups is 2. The molecule has 3 atom stereocenters.